The Bertz CT molecular complexity index is 1530. The minimum Gasteiger partial charge on any atom is -0.548 e. The van der Waals surface area contributed by atoms with Crippen molar-refractivity contribution < 1.29 is 48.4 Å². The van der Waals surface area contributed by atoms with Crippen LogP contribution in [0.5, 0.6) is 11.5 Å². The molecule has 14 heteroatoms. The molecular formula is C29H23F2N4O8-. The number of aromatic nitrogens is 2. The summed E-state index contributed by atoms with van der Waals surface area (Å²) >= 11 is 0. The number of carboxylic acid groups (broad SMARTS) is 2. The number of halogens is 2. The van der Waals surface area contributed by atoms with Gasteiger partial charge in [-0.25, -0.2) is 18.7 Å². The van der Waals surface area contributed by atoms with Crippen molar-refractivity contribution in [2.45, 2.75) is 0 Å². The molecule has 0 radical (unpaired) electrons. The Hall–Kier alpha value is -6.05. The highest BCUT2D eigenvalue weighted by Crippen LogP contribution is 2.26. The van der Waals surface area contributed by atoms with Crippen molar-refractivity contribution >= 4 is 23.8 Å². The van der Waals surface area contributed by atoms with E-state index in [1.54, 1.807) is 12.1 Å². The maximum Gasteiger partial charge on any atom is 0.274 e. The molecule has 4 aromatic rings. The van der Waals surface area contributed by atoms with Crippen LogP contribution in [0.25, 0.3) is 22.3 Å². The molecule has 0 saturated heterocycles. The second-order valence-corrected chi connectivity index (χ2v) is 8.31. The summed E-state index contributed by atoms with van der Waals surface area (Å²) in [6.45, 7) is -1.38. The van der Waals surface area contributed by atoms with Crippen molar-refractivity contribution in [3.63, 3.8) is 0 Å². The van der Waals surface area contributed by atoms with Gasteiger partial charge >= 0.3 is 0 Å². The fourth-order valence-corrected chi connectivity index (χ4v) is 3.38. The van der Waals surface area contributed by atoms with E-state index in [1.807, 2.05) is 10.6 Å². The van der Waals surface area contributed by atoms with Gasteiger partial charge in [-0.3, -0.25) is 9.59 Å². The monoisotopic (exact) mass is 593 g/mol. The molecule has 0 aliphatic rings. The largest absolute Gasteiger partial charge is 0.548 e. The van der Waals surface area contributed by atoms with Gasteiger partial charge < -0.3 is 40.6 Å². The van der Waals surface area contributed by atoms with Crippen LogP contribution in [0, 0.1) is 19.1 Å². The lowest BCUT2D eigenvalue weighted by Crippen LogP contribution is -2.37. The molecule has 4 rings (SSSR count). The highest BCUT2D eigenvalue weighted by atomic mass is 19.1. The number of carboxylic acids is 2. The molecule has 0 bridgehead atoms. The van der Waals surface area contributed by atoms with Crippen molar-refractivity contribution in [1.82, 2.24) is 20.6 Å². The van der Waals surface area contributed by atoms with E-state index in [4.69, 9.17) is 0 Å². The Morgan fingerprint density at radius 3 is 1.33 bits per heavy atom. The minimum absolute atomic E-state index is 0. The van der Waals surface area contributed by atoms with Crippen molar-refractivity contribution in [3.8, 4) is 33.8 Å². The van der Waals surface area contributed by atoms with Gasteiger partial charge in [0.05, 0.1) is 25.0 Å². The van der Waals surface area contributed by atoms with E-state index < -0.39 is 60.0 Å². The van der Waals surface area contributed by atoms with Crippen molar-refractivity contribution in [2.75, 3.05) is 13.1 Å². The van der Waals surface area contributed by atoms with E-state index >= 15 is 0 Å². The third-order valence-corrected chi connectivity index (χ3v) is 5.27. The van der Waals surface area contributed by atoms with Gasteiger partial charge in [-0.1, -0.05) is 24.3 Å². The number of rotatable bonds is 8. The number of benzene rings is 2. The predicted molar refractivity (Wildman–Crippen MR) is 144 cm³/mol. The van der Waals surface area contributed by atoms with Gasteiger partial charge in [-0.05, 0) is 47.5 Å². The summed E-state index contributed by atoms with van der Waals surface area (Å²) in [5.41, 5.74) is 1.17. The maximum atomic E-state index is 13.1. The second kappa shape index (κ2) is 15.1. The number of hydrogen-bond donors (Lipinski definition) is 4. The molecule has 2 heterocycles. The number of nitrogens with zero attached hydrogens (tertiary/aromatic N) is 2. The molecule has 43 heavy (non-hydrogen) atoms. The zero-order valence-electron chi connectivity index (χ0n) is 22.3. The van der Waals surface area contributed by atoms with Gasteiger partial charge in [0.25, 0.3) is 11.8 Å². The van der Waals surface area contributed by atoms with Gasteiger partial charge in [0, 0.05) is 30.9 Å². The minimum atomic E-state index is -1.46. The van der Waals surface area contributed by atoms with Gasteiger partial charge in [0.1, 0.15) is 23.1 Å². The number of carbonyl (C=O) groups excluding carboxylic acids is 4. The number of aromatic hydroxyl groups is 2. The normalized spacial score (nSPS) is 9.91. The summed E-state index contributed by atoms with van der Waals surface area (Å²) in [6.07, 6.45) is 2.56. The number of aliphatic carboxylic acids is 2. The average molecular weight is 594 g/mol. The highest BCUT2D eigenvalue weighted by molar-refractivity contribution is 5.97. The van der Waals surface area contributed by atoms with E-state index in [1.165, 1.54) is 60.9 Å². The van der Waals surface area contributed by atoms with Gasteiger partial charge in [-0.15, -0.1) is 0 Å². The summed E-state index contributed by atoms with van der Waals surface area (Å²) in [6, 6.07) is 13.8. The van der Waals surface area contributed by atoms with Gasteiger partial charge in [0.2, 0.25) is 0 Å². The Morgan fingerprint density at radius 1 is 0.651 bits per heavy atom. The third kappa shape index (κ3) is 9.53. The summed E-state index contributed by atoms with van der Waals surface area (Å²) in [4.78, 5) is 51.2. The molecule has 0 fully saturated rings. The molecule has 2 aromatic carbocycles. The Kier molecular flexibility index (Phi) is 11.6. The molecular weight excluding hydrogens is 570 g/mol. The summed E-state index contributed by atoms with van der Waals surface area (Å²) < 4.78 is 26.3. The van der Waals surface area contributed by atoms with Crippen LogP contribution in [-0.2, 0) is 9.59 Å². The van der Waals surface area contributed by atoms with E-state index in [2.05, 4.69) is 9.97 Å². The van der Waals surface area contributed by atoms with Crippen molar-refractivity contribution in [3.05, 3.63) is 104 Å². The molecule has 2 aromatic heterocycles. The molecule has 0 aliphatic heterocycles. The molecule has 0 saturated carbocycles. The molecule has 0 aliphatic carbocycles. The first-order chi connectivity index (χ1) is 19.9. The van der Waals surface area contributed by atoms with Crippen LogP contribution in [-0.4, -0.2) is 57.0 Å². The first-order valence-electron chi connectivity index (χ1n) is 11.8. The van der Waals surface area contributed by atoms with Crippen LogP contribution in [0.2, 0.25) is 0 Å². The van der Waals surface area contributed by atoms with Gasteiger partial charge in [0.15, 0.2) is 11.4 Å². The van der Waals surface area contributed by atoms with Crippen molar-refractivity contribution in [1.29, 1.82) is 0 Å². The quantitative estimate of drug-likeness (QED) is 0.209. The third-order valence-electron chi connectivity index (χ3n) is 5.27. The average Bonchev–Trinajstić information content (AvgIpc) is 2.95. The van der Waals surface area contributed by atoms with E-state index in [0.717, 1.165) is 0 Å². The first kappa shape index (κ1) is 33.2. The lowest BCUT2D eigenvalue weighted by atomic mass is 10.1. The highest BCUT2D eigenvalue weighted by Gasteiger charge is 2.15. The number of amides is 2. The molecule has 12 nitrogen and oxygen atoms in total. The number of carbonyl (C=O) groups is 4. The van der Waals surface area contributed by atoms with Crippen LogP contribution in [0.4, 0.5) is 8.78 Å². The summed E-state index contributed by atoms with van der Waals surface area (Å²) in [5.74, 6) is -6.37. The molecule has 0 atom stereocenters. The fraction of sp³-hybridized carbons (Fsp3) is 0.0690. The van der Waals surface area contributed by atoms with E-state index in [-0.39, 0.29) is 18.8 Å². The second-order valence-electron chi connectivity index (χ2n) is 8.31. The number of pyridine rings is 2. The van der Waals surface area contributed by atoms with Crippen molar-refractivity contribution in [2.24, 2.45) is 0 Å². The Morgan fingerprint density at radius 2 is 1.02 bits per heavy atom. The van der Waals surface area contributed by atoms with Crippen LogP contribution < -0.4 is 20.8 Å². The number of nitrogens with one attached hydrogen (secondary N) is 2. The van der Waals surface area contributed by atoms with Crippen LogP contribution in [0.3, 0.4) is 0 Å². The fourth-order valence-electron chi connectivity index (χ4n) is 3.38. The molecule has 222 valence electrons. The molecule has 0 unspecified atom stereocenters. The first-order valence-corrected chi connectivity index (χ1v) is 11.8. The van der Waals surface area contributed by atoms with Crippen LogP contribution >= 0.6 is 0 Å². The molecule has 4 N–H and O–H groups in total. The molecule has 0 spiro atoms. The predicted octanol–water partition coefficient (Wildman–Crippen LogP) is 0.596. The standard InChI is InChI=1S/2C14H11FN2O4.CH3/c2*15-10-3-1-2-8(4-10)9-5-11(18)13(16-6-9)14(21)17-7-12(19)20;/h2*1-6,18H,7H2,(H,17,21)(H,19,20);1H3/q;;+1/p-2. The van der Waals surface area contributed by atoms with Gasteiger partial charge in [-0.2, -0.15) is 0 Å². The van der Waals surface area contributed by atoms with Crippen LogP contribution in [0.15, 0.2) is 73.1 Å². The smallest absolute Gasteiger partial charge is 0.274 e. The van der Waals surface area contributed by atoms with Crippen LogP contribution in [0.1, 0.15) is 21.0 Å². The van der Waals surface area contributed by atoms with E-state index in [0.29, 0.717) is 22.3 Å². The lowest BCUT2D eigenvalue weighted by Gasteiger charge is -2.08. The topological polar surface area (TPSA) is 205 Å². The number of hydrogen-bond acceptors (Lipinski definition) is 10. The SMILES string of the molecule is O=C([O-])CNC(=O)c1ncc(-c2cccc(F)c2)cc1O.O=C([O-])CNC(=O)c1ncc(-c2cccc(F)c2)cc1O.[CH3+]. The zero-order valence-corrected chi connectivity index (χ0v) is 22.3. The molecule has 2 amide bonds. The Balaban J connectivity index is 0.000000293. The summed E-state index contributed by atoms with van der Waals surface area (Å²) in [5, 5.41) is 44.1. The van der Waals surface area contributed by atoms with E-state index in [9.17, 15) is 48.4 Å². The summed E-state index contributed by atoms with van der Waals surface area (Å²) in [7, 11) is 0. The lowest BCUT2D eigenvalue weighted by molar-refractivity contribution is -0.305. The zero-order chi connectivity index (χ0) is 30.8. The Labute approximate surface area is 243 Å². The maximum absolute atomic E-state index is 13.1.